The van der Waals surface area contributed by atoms with Crippen molar-refractivity contribution in [3.8, 4) is 0 Å². The first-order valence-corrected chi connectivity index (χ1v) is 5.40. The van der Waals surface area contributed by atoms with E-state index in [1.807, 2.05) is 7.11 Å². The van der Waals surface area contributed by atoms with Gasteiger partial charge in [0.2, 0.25) is 0 Å². The van der Waals surface area contributed by atoms with Crippen LogP contribution in [-0.2, 0) is 9.47 Å². The molecule has 2 heteroatoms. The van der Waals surface area contributed by atoms with Crippen LogP contribution < -0.4 is 0 Å². The summed E-state index contributed by atoms with van der Waals surface area (Å²) >= 11 is 0. The Labute approximate surface area is 81.6 Å². The van der Waals surface area contributed by atoms with Crippen LogP contribution in [0.15, 0.2) is 0 Å². The number of methoxy groups -OCH3 is 2. The van der Waals surface area contributed by atoms with Crippen molar-refractivity contribution >= 4 is 0 Å². The Morgan fingerprint density at radius 2 is 1.85 bits per heavy atom. The van der Waals surface area contributed by atoms with Crippen molar-refractivity contribution in [1.82, 2.24) is 0 Å². The van der Waals surface area contributed by atoms with E-state index in [1.165, 1.54) is 32.1 Å². The third-order valence-corrected chi connectivity index (χ3v) is 3.08. The predicted molar refractivity (Wildman–Crippen MR) is 53.9 cm³/mol. The van der Waals surface area contributed by atoms with Crippen LogP contribution in [0.1, 0.15) is 38.5 Å². The Kier molecular flexibility index (Phi) is 5.40. The van der Waals surface area contributed by atoms with Gasteiger partial charge in [-0.1, -0.05) is 19.3 Å². The van der Waals surface area contributed by atoms with Crippen LogP contribution in [0.5, 0.6) is 0 Å². The van der Waals surface area contributed by atoms with E-state index in [0.29, 0.717) is 6.10 Å². The highest BCUT2D eigenvalue weighted by Crippen LogP contribution is 2.28. The number of ether oxygens (including phenoxy) is 2. The summed E-state index contributed by atoms with van der Waals surface area (Å²) in [6.45, 7) is 0.828. The molecule has 0 aromatic carbocycles. The zero-order valence-electron chi connectivity index (χ0n) is 8.92. The fraction of sp³-hybridized carbons (Fsp3) is 1.00. The molecular weight excluding hydrogens is 164 g/mol. The minimum Gasteiger partial charge on any atom is -0.385 e. The van der Waals surface area contributed by atoms with Crippen molar-refractivity contribution < 1.29 is 9.47 Å². The molecule has 0 aliphatic heterocycles. The largest absolute Gasteiger partial charge is 0.385 e. The lowest BCUT2D eigenvalue weighted by molar-refractivity contribution is 0.0131. The van der Waals surface area contributed by atoms with Crippen molar-refractivity contribution in [3.63, 3.8) is 0 Å². The van der Waals surface area contributed by atoms with Gasteiger partial charge >= 0.3 is 0 Å². The van der Waals surface area contributed by atoms with Gasteiger partial charge in [-0.3, -0.25) is 0 Å². The van der Waals surface area contributed by atoms with Gasteiger partial charge in [-0.2, -0.15) is 0 Å². The molecule has 0 amide bonds. The number of hydrogen-bond acceptors (Lipinski definition) is 2. The minimum atomic E-state index is 0.431. The van der Waals surface area contributed by atoms with Crippen LogP contribution in [-0.4, -0.2) is 26.9 Å². The zero-order chi connectivity index (χ0) is 9.52. The second kappa shape index (κ2) is 6.39. The molecule has 1 saturated carbocycles. The molecule has 1 aliphatic rings. The lowest BCUT2D eigenvalue weighted by Gasteiger charge is -2.29. The third-order valence-electron chi connectivity index (χ3n) is 3.08. The smallest absolute Gasteiger partial charge is 0.0621 e. The van der Waals surface area contributed by atoms with Gasteiger partial charge in [0.25, 0.3) is 0 Å². The normalized spacial score (nSPS) is 21.7. The first kappa shape index (κ1) is 11.0. The van der Waals surface area contributed by atoms with E-state index in [0.717, 1.165) is 18.9 Å². The van der Waals surface area contributed by atoms with E-state index in [9.17, 15) is 0 Å². The molecule has 1 atom stereocenters. The fourth-order valence-corrected chi connectivity index (χ4v) is 2.29. The lowest BCUT2D eigenvalue weighted by atomic mass is 9.84. The molecule has 78 valence electrons. The molecule has 0 aromatic heterocycles. The first-order chi connectivity index (χ1) is 6.38. The van der Waals surface area contributed by atoms with Crippen molar-refractivity contribution in [2.24, 2.45) is 5.92 Å². The Balaban J connectivity index is 2.26. The Hall–Kier alpha value is -0.0800. The molecule has 0 aromatic rings. The van der Waals surface area contributed by atoms with E-state index in [-0.39, 0.29) is 0 Å². The van der Waals surface area contributed by atoms with Gasteiger partial charge in [-0.15, -0.1) is 0 Å². The topological polar surface area (TPSA) is 18.5 Å². The molecule has 1 aliphatic carbocycles. The summed E-state index contributed by atoms with van der Waals surface area (Å²) in [5.41, 5.74) is 0. The molecule has 2 nitrogen and oxygen atoms in total. The molecule has 0 radical (unpaired) electrons. The van der Waals surface area contributed by atoms with Crippen molar-refractivity contribution in [1.29, 1.82) is 0 Å². The summed E-state index contributed by atoms with van der Waals surface area (Å²) in [5.74, 6) is 0.786. The van der Waals surface area contributed by atoms with Crippen LogP contribution in [0.2, 0.25) is 0 Å². The second-order valence-corrected chi connectivity index (χ2v) is 3.95. The summed E-state index contributed by atoms with van der Waals surface area (Å²) in [7, 11) is 3.59. The molecule has 0 heterocycles. The SMILES string of the molecule is COCCC(OC)C1CCCCC1. The van der Waals surface area contributed by atoms with Gasteiger partial charge in [0.1, 0.15) is 0 Å². The van der Waals surface area contributed by atoms with Crippen LogP contribution >= 0.6 is 0 Å². The molecule has 0 N–H and O–H groups in total. The second-order valence-electron chi connectivity index (χ2n) is 3.95. The highest BCUT2D eigenvalue weighted by atomic mass is 16.5. The van der Waals surface area contributed by atoms with Gasteiger partial charge in [0, 0.05) is 20.8 Å². The molecule has 0 bridgehead atoms. The predicted octanol–water partition coefficient (Wildman–Crippen LogP) is 2.62. The molecule has 1 unspecified atom stereocenters. The zero-order valence-corrected chi connectivity index (χ0v) is 8.92. The van der Waals surface area contributed by atoms with E-state index in [4.69, 9.17) is 9.47 Å². The summed E-state index contributed by atoms with van der Waals surface area (Å²) in [5, 5.41) is 0. The Morgan fingerprint density at radius 1 is 1.15 bits per heavy atom. The Bertz CT molecular complexity index is 119. The summed E-state index contributed by atoms with van der Waals surface area (Å²) in [6.07, 6.45) is 8.37. The van der Waals surface area contributed by atoms with Crippen LogP contribution in [0.4, 0.5) is 0 Å². The molecule has 0 spiro atoms. The number of hydrogen-bond donors (Lipinski definition) is 0. The Morgan fingerprint density at radius 3 is 2.38 bits per heavy atom. The van der Waals surface area contributed by atoms with Gasteiger partial charge < -0.3 is 9.47 Å². The standard InChI is InChI=1S/C11H22O2/c1-12-9-8-11(13-2)10-6-4-3-5-7-10/h10-11H,3-9H2,1-2H3. The quantitative estimate of drug-likeness (QED) is 0.657. The highest BCUT2D eigenvalue weighted by molar-refractivity contribution is 4.74. The average molecular weight is 186 g/mol. The minimum absolute atomic E-state index is 0.431. The molecule has 0 saturated heterocycles. The summed E-state index contributed by atoms with van der Waals surface area (Å²) < 4.78 is 10.6. The van der Waals surface area contributed by atoms with Gasteiger partial charge in [0.15, 0.2) is 0 Å². The van der Waals surface area contributed by atoms with Crippen LogP contribution in [0.25, 0.3) is 0 Å². The van der Waals surface area contributed by atoms with Crippen LogP contribution in [0, 0.1) is 5.92 Å². The van der Waals surface area contributed by atoms with Crippen molar-refractivity contribution in [2.75, 3.05) is 20.8 Å². The van der Waals surface area contributed by atoms with Crippen molar-refractivity contribution in [3.05, 3.63) is 0 Å². The van der Waals surface area contributed by atoms with Gasteiger partial charge in [0.05, 0.1) is 6.10 Å². The number of rotatable bonds is 5. The lowest BCUT2D eigenvalue weighted by Crippen LogP contribution is -2.26. The highest BCUT2D eigenvalue weighted by Gasteiger charge is 2.22. The van der Waals surface area contributed by atoms with E-state index in [2.05, 4.69) is 0 Å². The van der Waals surface area contributed by atoms with Crippen molar-refractivity contribution in [2.45, 2.75) is 44.6 Å². The maximum atomic E-state index is 5.51. The average Bonchev–Trinajstić information content (AvgIpc) is 2.21. The van der Waals surface area contributed by atoms with Gasteiger partial charge in [-0.25, -0.2) is 0 Å². The summed E-state index contributed by atoms with van der Waals surface area (Å²) in [6, 6.07) is 0. The third kappa shape index (κ3) is 3.65. The molecular formula is C11H22O2. The monoisotopic (exact) mass is 186 g/mol. The maximum absolute atomic E-state index is 5.51. The fourth-order valence-electron chi connectivity index (χ4n) is 2.29. The van der Waals surface area contributed by atoms with Gasteiger partial charge in [-0.05, 0) is 25.2 Å². The summed E-state index contributed by atoms with van der Waals surface area (Å²) in [4.78, 5) is 0. The molecule has 13 heavy (non-hydrogen) atoms. The molecule has 1 rings (SSSR count). The maximum Gasteiger partial charge on any atom is 0.0621 e. The van der Waals surface area contributed by atoms with Crippen LogP contribution in [0.3, 0.4) is 0 Å². The van der Waals surface area contributed by atoms with E-state index < -0.39 is 0 Å². The molecule has 1 fully saturated rings. The van der Waals surface area contributed by atoms with E-state index >= 15 is 0 Å². The van der Waals surface area contributed by atoms with E-state index in [1.54, 1.807) is 7.11 Å². The first-order valence-electron chi connectivity index (χ1n) is 5.40.